The molecule has 35 heavy (non-hydrogen) atoms. The third-order valence-electron chi connectivity index (χ3n) is 4.73. The summed E-state index contributed by atoms with van der Waals surface area (Å²) in [5.41, 5.74) is 4.30. The van der Waals surface area contributed by atoms with Crippen molar-refractivity contribution in [3.63, 3.8) is 0 Å². The number of ether oxygens (including phenoxy) is 3. The third kappa shape index (κ3) is 7.72. The van der Waals surface area contributed by atoms with Gasteiger partial charge >= 0.3 is 12.2 Å². The molecule has 4 rings (SSSR count). The van der Waals surface area contributed by atoms with Gasteiger partial charge in [-0.2, -0.15) is 5.10 Å². The van der Waals surface area contributed by atoms with Crippen molar-refractivity contribution < 1.29 is 19.0 Å². The average molecular weight is 531 g/mol. The van der Waals surface area contributed by atoms with Crippen molar-refractivity contribution >= 4 is 28.1 Å². The number of amides is 1. The van der Waals surface area contributed by atoms with Gasteiger partial charge in [-0.3, -0.25) is 4.79 Å². The first kappa shape index (κ1) is 24.0. The Bertz CT molecular complexity index is 1220. The van der Waals surface area contributed by atoms with E-state index in [-0.39, 0.29) is 0 Å². The summed E-state index contributed by atoms with van der Waals surface area (Å²) in [5.74, 6) is 1.15. The van der Waals surface area contributed by atoms with Crippen molar-refractivity contribution in [2.45, 2.75) is 12.9 Å². The minimum absolute atomic E-state index is 0.437. The summed E-state index contributed by atoms with van der Waals surface area (Å²) in [6.45, 7) is 0.437. The highest BCUT2D eigenvalue weighted by atomic mass is 79.9. The number of nitrogens with one attached hydrogen (secondary N) is 1. The zero-order valence-electron chi connectivity index (χ0n) is 18.7. The lowest BCUT2D eigenvalue weighted by atomic mass is 10.2. The van der Waals surface area contributed by atoms with Gasteiger partial charge in [0.15, 0.2) is 0 Å². The molecule has 0 bridgehead atoms. The molecule has 0 fully saturated rings. The Labute approximate surface area is 212 Å². The third-order valence-corrected chi connectivity index (χ3v) is 5.22. The number of para-hydroxylation sites is 2. The summed E-state index contributed by atoms with van der Waals surface area (Å²) in [7, 11) is 0. The van der Waals surface area contributed by atoms with E-state index in [1.165, 1.54) is 6.21 Å². The number of carbonyl (C=O) groups excluding carboxylic acids is 1. The number of hydrogen-bond donors (Lipinski definition) is 1. The van der Waals surface area contributed by atoms with E-state index >= 15 is 0 Å². The standard InChI is InChI=1S/C28H23BrN2O4/c29-23-11-7-10-22(17-23)20-33-26-16-8-9-21(18-26)19-30-31-27(32)28(34-24-12-3-1-4-13-24)35-25-14-5-2-6-15-25/h1-19,28H,20H2,(H,31,32)/b30-19-. The van der Waals surface area contributed by atoms with E-state index < -0.39 is 12.2 Å². The Morgan fingerprint density at radius 1 is 0.800 bits per heavy atom. The highest BCUT2D eigenvalue weighted by Crippen LogP contribution is 2.18. The van der Waals surface area contributed by atoms with Crippen molar-refractivity contribution in [3.8, 4) is 17.2 Å². The van der Waals surface area contributed by atoms with Crippen LogP contribution in [0.1, 0.15) is 11.1 Å². The van der Waals surface area contributed by atoms with E-state index in [0.717, 1.165) is 15.6 Å². The van der Waals surface area contributed by atoms with Crippen LogP contribution in [0.4, 0.5) is 0 Å². The van der Waals surface area contributed by atoms with Crippen LogP contribution < -0.4 is 19.6 Å². The molecule has 0 aliphatic heterocycles. The van der Waals surface area contributed by atoms with Crippen LogP contribution in [0.15, 0.2) is 119 Å². The molecule has 0 aromatic heterocycles. The predicted molar refractivity (Wildman–Crippen MR) is 139 cm³/mol. The predicted octanol–water partition coefficient (Wildman–Crippen LogP) is 5.96. The molecule has 0 aliphatic carbocycles. The molecule has 6 nitrogen and oxygen atoms in total. The maximum atomic E-state index is 12.8. The van der Waals surface area contributed by atoms with E-state index in [4.69, 9.17) is 14.2 Å². The molecule has 0 spiro atoms. The van der Waals surface area contributed by atoms with E-state index in [2.05, 4.69) is 26.5 Å². The molecule has 4 aromatic carbocycles. The molecule has 0 aliphatic rings. The van der Waals surface area contributed by atoms with Crippen LogP contribution in [0.2, 0.25) is 0 Å². The second-order valence-electron chi connectivity index (χ2n) is 7.42. The topological polar surface area (TPSA) is 69.2 Å². The van der Waals surface area contributed by atoms with Crippen LogP contribution >= 0.6 is 15.9 Å². The van der Waals surface area contributed by atoms with Crippen LogP contribution in [0.25, 0.3) is 0 Å². The van der Waals surface area contributed by atoms with E-state index in [0.29, 0.717) is 23.9 Å². The van der Waals surface area contributed by atoms with Gasteiger partial charge in [0, 0.05) is 4.47 Å². The van der Waals surface area contributed by atoms with Gasteiger partial charge in [-0.15, -0.1) is 0 Å². The Hall–Kier alpha value is -4.10. The summed E-state index contributed by atoms with van der Waals surface area (Å²) < 4.78 is 18.4. The molecule has 0 atom stereocenters. The molecular weight excluding hydrogens is 508 g/mol. The van der Waals surface area contributed by atoms with Crippen LogP contribution in [0.5, 0.6) is 17.2 Å². The average Bonchev–Trinajstić information content (AvgIpc) is 2.89. The monoisotopic (exact) mass is 530 g/mol. The smallest absolute Gasteiger partial charge is 0.323 e. The molecular formula is C28H23BrN2O4. The number of nitrogens with zero attached hydrogens (tertiary/aromatic N) is 1. The number of carbonyl (C=O) groups is 1. The fourth-order valence-electron chi connectivity index (χ4n) is 3.08. The summed E-state index contributed by atoms with van der Waals surface area (Å²) in [6.07, 6.45) is 0.309. The fraction of sp³-hybridized carbons (Fsp3) is 0.0714. The van der Waals surface area contributed by atoms with Crippen molar-refractivity contribution in [2.24, 2.45) is 5.10 Å². The van der Waals surface area contributed by atoms with Gasteiger partial charge in [-0.1, -0.05) is 76.6 Å². The molecule has 176 valence electrons. The number of hydrazone groups is 1. The largest absolute Gasteiger partial charge is 0.489 e. The minimum Gasteiger partial charge on any atom is -0.489 e. The number of benzene rings is 4. The van der Waals surface area contributed by atoms with E-state index in [1.807, 2.05) is 84.9 Å². The number of hydrogen-bond acceptors (Lipinski definition) is 5. The van der Waals surface area contributed by atoms with Crippen LogP contribution in [0.3, 0.4) is 0 Å². The highest BCUT2D eigenvalue weighted by molar-refractivity contribution is 9.10. The van der Waals surface area contributed by atoms with Gasteiger partial charge in [0.05, 0.1) is 6.21 Å². The van der Waals surface area contributed by atoms with E-state index in [1.54, 1.807) is 24.3 Å². The molecule has 0 saturated heterocycles. The second kappa shape index (κ2) is 12.4. The maximum absolute atomic E-state index is 12.8. The van der Waals surface area contributed by atoms with Crippen molar-refractivity contribution in [2.75, 3.05) is 0 Å². The van der Waals surface area contributed by atoms with Crippen molar-refractivity contribution in [1.29, 1.82) is 0 Å². The second-order valence-corrected chi connectivity index (χ2v) is 8.33. The Balaban J connectivity index is 1.38. The Morgan fingerprint density at radius 2 is 1.43 bits per heavy atom. The van der Waals surface area contributed by atoms with Gasteiger partial charge in [0.1, 0.15) is 23.9 Å². The normalized spacial score (nSPS) is 10.8. The number of rotatable bonds is 10. The molecule has 1 N–H and O–H groups in total. The molecule has 4 aromatic rings. The van der Waals surface area contributed by atoms with Gasteiger partial charge in [-0.25, -0.2) is 5.43 Å². The zero-order chi connectivity index (χ0) is 24.3. The van der Waals surface area contributed by atoms with Crippen LogP contribution in [0, 0.1) is 0 Å². The van der Waals surface area contributed by atoms with Gasteiger partial charge < -0.3 is 14.2 Å². The Kier molecular flexibility index (Phi) is 8.51. The zero-order valence-corrected chi connectivity index (χ0v) is 20.3. The summed E-state index contributed by atoms with van der Waals surface area (Å²) >= 11 is 3.46. The molecule has 0 unspecified atom stereocenters. The lowest BCUT2D eigenvalue weighted by Gasteiger charge is -2.18. The lowest BCUT2D eigenvalue weighted by Crippen LogP contribution is -2.40. The number of halogens is 1. The highest BCUT2D eigenvalue weighted by Gasteiger charge is 2.22. The van der Waals surface area contributed by atoms with Crippen LogP contribution in [-0.4, -0.2) is 18.4 Å². The van der Waals surface area contributed by atoms with Gasteiger partial charge in [-0.05, 0) is 59.7 Å². The summed E-state index contributed by atoms with van der Waals surface area (Å²) in [6, 6.07) is 33.3. The minimum atomic E-state index is -1.23. The molecule has 1 amide bonds. The van der Waals surface area contributed by atoms with Crippen molar-refractivity contribution in [3.05, 3.63) is 125 Å². The van der Waals surface area contributed by atoms with Gasteiger partial charge in [0.25, 0.3) is 0 Å². The first-order chi connectivity index (χ1) is 17.2. The van der Waals surface area contributed by atoms with E-state index in [9.17, 15) is 4.79 Å². The molecule has 0 heterocycles. The van der Waals surface area contributed by atoms with Gasteiger partial charge in [0.2, 0.25) is 0 Å². The van der Waals surface area contributed by atoms with Crippen LogP contribution in [-0.2, 0) is 11.4 Å². The van der Waals surface area contributed by atoms with Crippen molar-refractivity contribution in [1.82, 2.24) is 5.43 Å². The quantitative estimate of drug-likeness (QED) is 0.156. The first-order valence-electron chi connectivity index (χ1n) is 10.9. The summed E-state index contributed by atoms with van der Waals surface area (Å²) in [4.78, 5) is 12.8. The fourth-order valence-corrected chi connectivity index (χ4v) is 3.52. The maximum Gasteiger partial charge on any atom is 0.323 e. The molecule has 0 radical (unpaired) electrons. The lowest BCUT2D eigenvalue weighted by molar-refractivity contribution is -0.140. The SMILES string of the molecule is O=C(N/N=C\c1cccc(OCc2cccc(Br)c2)c1)C(Oc1ccccc1)Oc1ccccc1. The Morgan fingerprint density at radius 3 is 2.09 bits per heavy atom. The molecule has 0 saturated carbocycles. The summed E-state index contributed by atoms with van der Waals surface area (Å²) in [5, 5.41) is 4.07. The first-order valence-corrected chi connectivity index (χ1v) is 11.7. The molecule has 7 heteroatoms.